The van der Waals surface area contributed by atoms with Gasteiger partial charge in [0.05, 0.1) is 4.92 Å². The van der Waals surface area contributed by atoms with Crippen molar-refractivity contribution in [2.24, 2.45) is 0 Å². The van der Waals surface area contributed by atoms with E-state index in [4.69, 9.17) is 0 Å². The molecule has 1 aromatic carbocycles. The summed E-state index contributed by atoms with van der Waals surface area (Å²) in [7, 11) is 0. The molecule has 0 spiro atoms. The predicted molar refractivity (Wildman–Crippen MR) is 72.6 cm³/mol. The van der Waals surface area contributed by atoms with E-state index in [2.05, 4.69) is 26.6 Å². The van der Waals surface area contributed by atoms with Crippen molar-refractivity contribution in [2.75, 3.05) is 11.9 Å². The molecular formula is C11H14BrN3O3. The number of benzene rings is 1. The van der Waals surface area contributed by atoms with E-state index in [0.717, 1.165) is 0 Å². The molecule has 0 bridgehead atoms. The lowest BCUT2D eigenvalue weighted by atomic mass is 10.2. The number of amides is 1. The fraction of sp³-hybridized carbons (Fsp3) is 0.364. The zero-order valence-corrected chi connectivity index (χ0v) is 11.7. The van der Waals surface area contributed by atoms with Crippen LogP contribution in [0.5, 0.6) is 0 Å². The Labute approximate surface area is 113 Å². The summed E-state index contributed by atoms with van der Waals surface area (Å²) < 4.78 is 0.707. The molecular weight excluding hydrogens is 302 g/mol. The van der Waals surface area contributed by atoms with Gasteiger partial charge < -0.3 is 10.6 Å². The third-order valence-electron chi connectivity index (χ3n) is 2.27. The summed E-state index contributed by atoms with van der Waals surface area (Å²) in [6.07, 6.45) is 0. The van der Waals surface area contributed by atoms with Gasteiger partial charge in [-0.2, -0.15) is 0 Å². The number of nitro benzene ring substituents is 1. The highest BCUT2D eigenvalue weighted by Gasteiger charge is 2.18. The third kappa shape index (κ3) is 3.69. The van der Waals surface area contributed by atoms with E-state index in [9.17, 15) is 14.9 Å². The maximum atomic E-state index is 11.6. The lowest BCUT2D eigenvalue weighted by Crippen LogP contribution is -2.37. The molecule has 1 amide bonds. The quantitative estimate of drug-likeness (QED) is 0.645. The van der Waals surface area contributed by atoms with Crippen molar-refractivity contribution in [3.63, 3.8) is 0 Å². The molecule has 2 N–H and O–H groups in total. The van der Waals surface area contributed by atoms with Crippen molar-refractivity contribution >= 4 is 33.2 Å². The fourth-order valence-corrected chi connectivity index (χ4v) is 1.77. The molecule has 0 aliphatic heterocycles. The van der Waals surface area contributed by atoms with Gasteiger partial charge in [-0.05, 0) is 26.0 Å². The first kappa shape index (κ1) is 14.4. The van der Waals surface area contributed by atoms with Crippen LogP contribution < -0.4 is 10.6 Å². The Hall–Kier alpha value is -1.63. The van der Waals surface area contributed by atoms with Crippen LogP contribution >= 0.6 is 15.9 Å². The number of nitro groups is 1. The Morgan fingerprint density at radius 3 is 2.78 bits per heavy atom. The number of nitrogens with zero attached hydrogens (tertiary/aromatic N) is 1. The Morgan fingerprint density at radius 2 is 2.22 bits per heavy atom. The van der Waals surface area contributed by atoms with Gasteiger partial charge in [-0.1, -0.05) is 15.9 Å². The molecule has 1 rings (SSSR count). The van der Waals surface area contributed by atoms with Crippen molar-refractivity contribution in [1.29, 1.82) is 0 Å². The van der Waals surface area contributed by atoms with Crippen LogP contribution in [0.2, 0.25) is 0 Å². The fourth-order valence-electron chi connectivity index (χ4n) is 1.41. The minimum Gasteiger partial charge on any atom is -0.368 e. The normalized spacial score (nSPS) is 11.7. The maximum Gasteiger partial charge on any atom is 0.292 e. The number of likely N-dealkylation sites (N-methyl/N-ethyl adjacent to an activating group) is 1. The monoisotopic (exact) mass is 315 g/mol. The summed E-state index contributed by atoms with van der Waals surface area (Å²) in [4.78, 5) is 21.9. The smallest absolute Gasteiger partial charge is 0.292 e. The van der Waals surface area contributed by atoms with E-state index < -0.39 is 11.0 Å². The van der Waals surface area contributed by atoms with Crippen molar-refractivity contribution in [1.82, 2.24) is 5.32 Å². The largest absolute Gasteiger partial charge is 0.368 e. The topological polar surface area (TPSA) is 84.3 Å². The van der Waals surface area contributed by atoms with Crippen molar-refractivity contribution in [3.8, 4) is 0 Å². The molecule has 1 unspecified atom stereocenters. The number of nitrogens with one attached hydrogen (secondary N) is 2. The Kier molecular flexibility index (Phi) is 5.08. The molecule has 18 heavy (non-hydrogen) atoms. The standard InChI is InChI=1S/C11H14BrN3O3/c1-3-13-11(16)7(2)14-9-6-8(12)4-5-10(9)15(17)18/h4-7,14H,3H2,1-2H3,(H,13,16). The van der Waals surface area contributed by atoms with E-state index in [0.29, 0.717) is 16.7 Å². The second-order valence-electron chi connectivity index (χ2n) is 3.68. The van der Waals surface area contributed by atoms with Gasteiger partial charge >= 0.3 is 0 Å². The van der Waals surface area contributed by atoms with Crippen LogP contribution in [0.1, 0.15) is 13.8 Å². The second-order valence-corrected chi connectivity index (χ2v) is 4.59. The average molecular weight is 316 g/mol. The van der Waals surface area contributed by atoms with E-state index in [1.54, 1.807) is 19.1 Å². The number of anilines is 1. The predicted octanol–water partition coefficient (Wildman–Crippen LogP) is 2.29. The van der Waals surface area contributed by atoms with Crippen molar-refractivity contribution < 1.29 is 9.72 Å². The van der Waals surface area contributed by atoms with Crippen molar-refractivity contribution in [2.45, 2.75) is 19.9 Å². The highest BCUT2D eigenvalue weighted by Crippen LogP contribution is 2.28. The van der Waals surface area contributed by atoms with Crippen LogP contribution in [-0.2, 0) is 4.79 Å². The Bertz CT molecular complexity index is 465. The number of carbonyl (C=O) groups is 1. The Balaban J connectivity index is 2.92. The molecule has 1 atom stereocenters. The molecule has 0 aromatic heterocycles. The summed E-state index contributed by atoms with van der Waals surface area (Å²) in [6, 6.07) is 4.00. The number of rotatable bonds is 5. The highest BCUT2D eigenvalue weighted by atomic mass is 79.9. The first-order chi connectivity index (χ1) is 8.45. The van der Waals surface area contributed by atoms with E-state index >= 15 is 0 Å². The van der Waals surface area contributed by atoms with Gasteiger partial charge in [-0.15, -0.1) is 0 Å². The summed E-state index contributed by atoms with van der Waals surface area (Å²) in [5.74, 6) is -0.202. The molecule has 0 heterocycles. The molecule has 6 nitrogen and oxygen atoms in total. The minimum absolute atomic E-state index is 0.0608. The van der Waals surface area contributed by atoms with Crippen LogP contribution in [0.4, 0.5) is 11.4 Å². The molecule has 98 valence electrons. The van der Waals surface area contributed by atoms with Crippen LogP contribution in [0.15, 0.2) is 22.7 Å². The van der Waals surface area contributed by atoms with Gasteiger partial charge in [0.1, 0.15) is 11.7 Å². The Morgan fingerprint density at radius 1 is 1.56 bits per heavy atom. The zero-order chi connectivity index (χ0) is 13.7. The van der Waals surface area contributed by atoms with Gasteiger partial charge in [0, 0.05) is 17.1 Å². The first-order valence-electron chi connectivity index (χ1n) is 5.44. The molecule has 1 aromatic rings. The van der Waals surface area contributed by atoms with Gasteiger partial charge in [0.15, 0.2) is 0 Å². The summed E-state index contributed by atoms with van der Waals surface area (Å²) in [6.45, 7) is 3.98. The summed E-state index contributed by atoms with van der Waals surface area (Å²) in [5, 5.41) is 16.3. The van der Waals surface area contributed by atoms with Crippen LogP contribution in [0, 0.1) is 10.1 Å². The number of hydrogen-bond acceptors (Lipinski definition) is 4. The van der Waals surface area contributed by atoms with Crippen LogP contribution in [0.3, 0.4) is 0 Å². The molecule has 0 aliphatic rings. The summed E-state index contributed by atoms with van der Waals surface area (Å²) in [5.41, 5.74) is 0.252. The molecule has 0 saturated heterocycles. The molecule has 0 radical (unpaired) electrons. The minimum atomic E-state index is -0.544. The maximum absolute atomic E-state index is 11.6. The van der Waals surface area contributed by atoms with Gasteiger partial charge in [0.2, 0.25) is 5.91 Å². The third-order valence-corrected chi connectivity index (χ3v) is 2.76. The highest BCUT2D eigenvalue weighted by molar-refractivity contribution is 9.10. The zero-order valence-electron chi connectivity index (χ0n) is 10.1. The van der Waals surface area contributed by atoms with Crippen molar-refractivity contribution in [3.05, 3.63) is 32.8 Å². The van der Waals surface area contributed by atoms with E-state index in [1.807, 2.05) is 6.92 Å². The van der Waals surface area contributed by atoms with Crippen LogP contribution in [-0.4, -0.2) is 23.4 Å². The lowest BCUT2D eigenvalue weighted by Gasteiger charge is -2.14. The number of carbonyl (C=O) groups excluding carboxylic acids is 1. The second kappa shape index (κ2) is 6.34. The number of hydrogen-bond donors (Lipinski definition) is 2. The SMILES string of the molecule is CCNC(=O)C(C)Nc1cc(Br)ccc1[N+](=O)[O-]. The van der Waals surface area contributed by atoms with E-state index in [-0.39, 0.29) is 11.6 Å². The molecule has 7 heteroatoms. The van der Waals surface area contributed by atoms with E-state index in [1.165, 1.54) is 6.07 Å². The number of halogens is 1. The average Bonchev–Trinajstić information content (AvgIpc) is 2.28. The molecule has 0 aliphatic carbocycles. The van der Waals surface area contributed by atoms with Gasteiger partial charge in [-0.3, -0.25) is 14.9 Å². The molecule has 0 fully saturated rings. The van der Waals surface area contributed by atoms with Crippen LogP contribution in [0.25, 0.3) is 0 Å². The summed E-state index contributed by atoms with van der Waals surface area (Å²) >= 11 is 3.24. The molecule has 0 saturated carbocycles. The van der Waals surface area contributed by atoms with Gasteiger partial charge in [-0.25, -0.2) is 0 Å². The lowest BCUT2D eigenvalue weighted by molar-refractivity contribution is -0.384. The van der Waals surface area contributed by atoms with Gasteiger partial charge in [0.25, 0.3) is 5.69 Å². The first-order valence-corrected chi connectivity index (χ1v) is 6.23.